The van der Waals surface area contributed by atoms with E-state index >= 15 is 0 Å². The molecule has 0 aliphatic rings. The van der Waals surface area contributed by atoms with Crippen LogP contribution in [0, 0.1) is 75.9 Å². The van der Waals surface area contributed by atoms with Gasteiger partial charge in [-0.25, -0.2) is 48.3 Å². The number of alkyl halides is 11. The fraction of sp³-hybridized carbons (Fsp3) is 1.00. The first-order valence-corrected chi connectivity index (χ1v) is 46.0. The minimum Gasteiger partial charge on any atom is -0.244 e. The Bertz CT molecular complexity index is 1900. The smallest absolute Gasteiger partial charge is 0.113 e. The zero-order chi connectivity index (χ0) is 90.9. The van der Waals surface area contributed by atoms with Crippen LogP contribution in [0.25, 0.3) is 0 Å². The average molecular weight is 1610 g/mol. The lowest BCUT2D eigenvalue weighted by Gasteiger charge is -2.39. The molecule has 0 aromatic rings. The molecular formula is C99H209F11. The van der Waals surface area contributed by atoms with Crippen molar-refractivity contribution in [2.75, 3.05) is 0 Å². The standard InChI is InChI=1S/C12H25F.2C11H23F.2C10H21F.C9H19F.2C8H17F.2C7H15F.C6H13F/c1-7-8-12(6,13)11(9(2)3)10(4)5;1-7-11(6,12)10(8(2)3)9(4)5;1-6-9-11(5,12)10(4,7-2)8-3;1-6-9(4,7-2)10(5,11)8-3;1-5-8-10(4,11)9(6-2)7-3;1-5-8(6-2)9(4,10)7-3;1-6(2)8(5,9)7(3)4;1-4-6-8(3,9)7-5-2;1-5-7(4,8)6(2)3;1-4-6-7(3,8)5-2;1-4-6(3,7)5-2/h9-11H,7-8H2,1-6H3;8-10H,7H2,1-6H3;6-9H2,1-5H3;6-8H2,1-5H3;9H,5-8H2,1-4H3;8H,5-7H2,1-4H3;6-7H,1-5H3;4-7H2,1-3H3;6H,5H2,1-4H3;4-6H2,1-3H3;4-5H2,1-3H3. The molecule has 0 radical (unpaired) electrons. The van der Waals surface area contributed by atoms with Crippen LogP contribution in [0.2, 0.25) is 0 Å². The predicted molar refractivity (Wildman–Crippen MR) is 482 cm³/mol. The summed E-state index contributed by atoms with van der Waals surface area (Å²) in [6, 6.07) is 0. The first kappa shape index (κ1) is 133. The molecule has 0 saturated carbocycles. The van der Waals surface area contributed by atoms with E-state index in [0.717, 1.165) is 89.9 Å². The molecule has 0 N–H and O–H groups in total. The zero-order valence-corrected chi connectivity index (χ0v) is 84.1. The minimum absolute atomic E-state index is 0.123. The van der Waals surface area contributed by atoms with Gasteiger partial charge >= 0.3 is 0 Å². The Hall–Kier alpha value is -0.770. The summed E-state index contributed by atoms with van der Waals surface area (Å²) in [6.07, 6.45) is 21.8. The molecule has 11 heteroatoms. The van der Waals surface area contributed by atoms with Crippen LogP contribution >= 0.6 is 0 Å². The van der Waals surface area contributed by atoms with Crippen molar-refractivity contribution in [3.05, 3.63) is 0 Å². The summed E-state index contributed by atoms with van der Waals surface area (Å²) in [4.78, 5) is 0. The molecule has 0 aliphatic heterocycles. The fourth-order valence-electron chi connectivity index (χ4n) is 14.8. The molecule has 0 aliphatic carbocycles. The Balaban J connectivity index is -0.000000109. The van der Waals surface area contributed by atoms with Crippen LogP contribution in [0.3, 0.4) is 0 Å². The molecule has 0 spiro atoms. The van der Waals surface area contributed by atoms with Crippen LogP contribution in [0.4, 0.5) is 48.3 Å². The molecule has 8 atom stereocenters. The van der Waals surface area contributed by atoms with Crippen molar-refractivity contribution >= 4 is 0 Å². The van der Waals surface area contributed by atoms with Gasteiger partial charge in [-0.05, 0) is 250 Å². The summed E-state index contributed by atoms with van der Waals surface area (Å²) in [7, 11) is 0. The third-order valence-corrected chi connectivity index (χ3v) is 26.5. The maximum atomic E-state index is 14.3. The fourth-order valence-corrected chi connectivity index (χ4v) is 14.8. The van der Waals surface area contributed by atoms with Crippen molar-refractivity contribution in [2.24, 2.45) is 75.9 Å². The summed E-state index contributed by atoms with van der Waals surface area (Å²) in [5, 5.41) is 0. The van der Waals surface area contributed by atoms with Crippen molar-refractivity contribution in [2.45, 2.75) is 568 Å². The minimum atomic E-state index is -1.00. The van der Waals surface area contributed by atoms with E-state index in [-0.39, 0.29) is 52.3 Å². The van der Waals surface area contributed by atoms with Crippen molar-refractivity contribution in [1.29, 1.82) is 0 Å². The predicted octanol–water partition coefficient (Wildman–Crippen LogP) is 38.9. The van der Waals surface area contributed by atoms with E-state index in [1.54, 1.807) is 76.2 Å². The molecule has 0 saturated heterocycles. The van der Waals surface area contributed by atoms with Crippen LogP contribution in [-0.2, 0) is 0 Å². The van der Waals surface area contributed by atoms with Gasteiger partial charge in [-0.1, -0.05) is 320 Å². The summed E-state index contributed by atoms with van der Waals surface area (Å²) in [5.41, 5.74) is -10.8. The van der Waals surface area contributed by atoms with E-state index in [1.807, 2.05) is 132 Å². The third-order valence-electron chi connectivity index (χ3n) is 26.5. The van der Waals surface area contributed by atoms with Gasteiger partial charge in [0.05, 0.1) is 0 Å². The summed E-state index contributed by atoms with van der Waals surface area (Å²) in [5.74, 6) is 2.99. The van der Waals surface area contributed by atoms with E-state index < -0.39 is 62.4 Å². The topological polar surface area (TPSA) is 0 Å². The highest BCUT2D eigenvalue weighted by Crippen LogP contribution is 2.45. The number of hydrogen-bond donors (Lipinski definition) is 0. The Morgan fingerprint density at radius 3 is 0.573 bits per heavy atom. The highest BCUT2D eigenvalue weighted by atomic mass is 19.2. The molecule has 682 valence electrons. The quantitative estimate of drug-likeness (QED) is 0.0537. The second kappa shape index (κ2) is 66.1. The summed E-state index contributed by atoms with van der Waals surface area (Å²) >= 11 is 0. The lowest BCUT2D eigenvalue weighted by atomic mass is 9.70. The summed E-state index contributed by atoms with van der Waals surface area (Å²) < 4.78 is 148. The van der Waals surface area contributed by atoms with Gasteiger partial charge in [0.15, 0.2) is 0 Å². The SMILES string of the molecule is CC(C)C(C)(F)C(C)C.CCC(C)(F)C(C(C)C)C(C)C.CCC(C)(F)C(C)(CC)CC.CCC(C)(F)C(C)C.CCC(C)(F)CC.CCC(CC)C(C)(F)CC.CCCC(C)(F)C(C(C)C)C(C)C.CCCC(C)(F)C(C)(CC)CC.CCCC(C)(F)C(CC)CC.CCCC(C)(F)CC.CCCC(C)(F)CCC. The maximum absolute atomic E-state index is 14.3. The van der Waals surface area contributed by atoms with Crippen LogP contribution < -0.4 is 0 Å². The number of hydrogen-bond acceptors (Lipinski definition) is 0. The highest BCUT2D eigenvalue weighted by molar-refractivity contribution is 4.93. The third kappa shape index (κ3) is 61.5. The zero-order valence-electron chi connectivity index (χ0n) is 84.1. The Morgan fingerprint density at radius 1 is 0.200 bits per heavy atom. The lowest BCUT2D eigenvalue weighted by Crippen LogP contribution is -2.39. The van der Waals surface area contributed by atoms with E-state index in [0.29, 0.717) is 107 Å². The molecule has 0 aromatic heterocycles. The second-order valence-electron chi connectivity index (χ2n) is 38.2. The molecule has 110 heavy (non-hydrogen) atoms. The van der Waals surface area contributed by atoms with Gasteiger partial charge in [0.1, 0.15) is 62.4 Å². The van der Waals surface area contributed by atoms with E-state index in [4.69, 9.17) is 0 Å². The molecule has 0 fully saturated rings. The van der Waals surface area contributed by atoms with E-state index in [9.17, 15) is 48.3 Å². The Morgan fingerprint density at radius 2 is 0.436 bits per heavy atom. The van der Waals surface area contributed by atoms with E-state index in [1.165, 1.54) is 0 Å². The molecular weight excluding hydrogens is 1400 g/mol. The number of halogens is 11. The molecule has 0 rings (SSSR count). The molecule has 0 bridgehead atoms. The summed E-state index contributed by atoms with van der Waals surface area (Å²) in [6.45, 7) is 93.2. The first-order valence-electron chi connectivity index (χ1n) is 46.0. The van der Waals surface area contributed by atoms with E-state index in [2.05, 4.69) is 125 Å². The van der Waals surface area contributed by atoms with Crippen LogP contribution in [0.15, 0.2) is 0 Å². The van der Waals surface area contributed by atoms with Crippen molar-refractivity contribution < 1.29 is 48.3 Å². The largest absolute Gasteiger partial charge is 0.244 e. The van der Waals surface area contributed by atoms with Crippen molar-refractivity contribution in [3.63, 3.8) is 0 Å². The van der Waals surface area contributed by atoms with Gasteiger partial charge < -0.3 is 0 Å². The van der Waals surface area contributed by atoms with Gasteiger partial charge in [0.2, 0.25) is 0 Å². The highest BCUT2D eigenvalue weighted by Gasteiger charge is 2.43. The number of rotatable bonds is 40. The molecule has 8 unspecified atom stereocenters. The van der Waals surface area contributed by atoms with Crippen LogP contribution in [-0.4, -0.2) is 62.4 Å². The monoisotopic (exact) mass is 1610 g/mol. The second-order valence-corrected chi connectivity index (χ2v) is 38.2. The van der Waals surface area contributed by atoms with Gasteiger partial charge in [-0.15, -0.1) is 0 Å². The maximum Gasteiger partial charge on any atom is 0.113 e. The molecule has 0 nitrogen and oxygen atoms in total. The van der Waals surface area contributed by atoms with Gasteiger partial charge in [-0.2, -0.15) is 0 Å². The van der Waals surface area contributed by atoms with Crippen molar-refractivity contribution in [3.8, 4) is 0 Å². The van der Waals surface area contributed by atoms with Crippen LogP contribution in [0.1, 0.15) is 506 Å². The van der Waals surface area contributed by atoms with Gasteiger partial charge in [-0.3, -0.25) is 0 Å². The molecule has 0 amide bonds. The molecule has 0 heterocycles. The Labute approximate surface area is 688 Å². The van der Waals surface area contributed by atoms with Gasteiger partial charge in [0, 0.05) is 10.8 Å². The van der Waals surface area contributed by atoms with Crippen LogP contribution in [0.5, 0.6) is 0 Å². The van der Waals surface area contributed by atoms with Gasteiger partial charge in [0.25, 0.3) is 0 Å². The average Bonchev–Trinajstić information content (AvgIpc) is 0.820. The Kier molecular flexibility index (Phi) is 79.7. The molecule has 0 aromatic carbocycles. The normalized spacial score (nSPS) is 16.4. The lowest BCUT2D eigenvalue weighted by molar-refractivity contribution is 0.00460. The first-order chi connectivity index (χ1) is 49.4. The van der Waals surface area contributed by atoms with Crippen molar-refractivity contribution in [1.82, 2.24) is 0 Å².